The Morgan fingerprint density at radius 3 is 2.59 bits per heavy atom. The average molecular weight is 237 g/mol. The van der Waals surface area contributed by atoms with Crippen LogP contribution in [0.25, 0.3) is 0 Å². The van der Waals surface area contributed by atoms with E-state index >= 15 is 0 Å². The number of hydrogen-bond acceptors (Lipinski definition) is 3. The largest absolute Gasteiger partial charge is 0.491 e. The zero-order valence-corrected chi connectivity index (χ0v) is 10.8. The molecule has 96 valence electrons. The van der Waals surface area contributed by atoms with Crippen LogP contribution >= 0.6 is 0 Å². The van der Waals surface area contributed by atoms with Gasteiger partial charge in [-0.25, -0.2) is 0 Å². The summed E-state index contributed by atoms with van der Waals surface area (Å²) in [5.74, 6) is 0.861. The number of benzene rings is 1. The molecule has 0 amide bonds. The second kappa shape index (κ2) is 8.09. The molecule has 0 radical (unpaired) electrons. The summed E-state index contributed by atoms with van der Waals surface area (Å²) < 4.78 is 5.50. The molecular weight excluding hydrogens is 214 g/mol. The van der Waals surface area contributed by atoms with E-state index < -0.39 is 0 Å². The summed E-state index contributed by atoms with van der Waals surface area (Å²) in [4.78, 5) is 0. The van der Waals surface area contributed by atoms with Crippen molar-refractivity contribution in [2.75, 3.05) is 13.2 Å². The molecule has 0 spiro atoms. The van der Waals surface area contributed by atoms with Gasteiger partial charge in [-0.3, -0.25) is 0 Å². The van der Waals surface area contributed by atoms with Crippen molar-refractivity contribution in [1.82, 2.24) is 5.32 Å². The van der Waals surface area contributed by atoms with E-state index in [0.717, 1.165) is 30.7 Å². The molecule has 3 nitrogen and oxygen atoms in total. The molecule has 17 heavy (non-hydrogen) atoms. The average Bonchev–Trinajstić information content (AvgIpc) is 2.38. The van der Waals surface area contributed by atoms with Gasteiger partial charge in [-0.2, -0.15) is 0 Å². The van der Waals surface area contributed by atoms with Crippen LogP contribution in [0.4, 0.5) is 0 Å². The smallest absolute Gasteiger partial charge is 0.123 e. The molecule has 0 heterocycles. The minimum Gasteiger partial charge on any atom is -0.491 e. The fourth-order valence-electron chi connectivity index (χ4n) is 1.78. The molecule has 3 heteroatoms. The summed E-state index contributed by atoms with van der Waals surface area (Å²) in [6.07, 6.45) is 2.27. The summed E-state index contributed by atoms with van der Waals surface area (Å²) in [5, 5.41) is 12.3. The molecule has 0 saturated heterocycles. The topological polar surface area (TPSA) is 41.5 Å². The molecule has 0 saturated carbocycles. The number of aliphatic hydroxyl groups is 1. The zero-order chi connectivity index (χ0) is 12.5. The monoisotopic (exact) mass is 237 g/mol. The molecule has 0 unspecified atom stereocenters. The first-order valence-corrected chi connectivity index (χ1v) is 6.36. The van der Waals surface area contributed by atoms with Crippen molar-refractivity contribution in [3.8, 4) is 5.75 Å². The molecule has 1 aromatic carbocycles. The lowest BCUT2D eigenvalue weighted by Crippen LogP contribution is -2.27. The van der Waals surface area contributed by atoms with Crippen LogP contribution < -0.4 is 10.1 Å². The summed E-state index contributed by atoms with van der Waals surface area (Å²) >= 11 is 0. The predicted molar refractivity (Wildman–Crippen MR) is 70.2 cm³/mol. The van der Waals surface area contributed by atoms with E-state index in [9.17, 15) is 0 Å². The summed E-state index contributed by atoms with van der Waals surface area (Å²) in [5.41, 5.74) is 1.15. The Labute approximate surface area is 104 Å². The highest BCUT2D eigenvalue weighted by Gasteiger charge is 2.06. The molecule has 0 atom stereocenters. The first kappa shape index (κ1) is 14.0. The van der Waals surface area contributed by atoms with Crippen molar-refractivity contribution < 1.29 is 9.84 Å². The van der Waals surface area contributed by atoms with E-state index in [1.165, 1.54) is 0 Å². The number of aliphatic hydroxyl groups excluding tert-OH is 1. The lowest BCUT2D eigenvalue weighted by atomic mass is 10.1. The number of nitrogens with one attached hydrogen (secondary N) is 1. The Morgan fingerprint density at radius 1 is 1.24 bits per heavy atom. The SMILES string of the molecule is CCC(CC)NCc1ccccc1OCCO. The quantitative estimate of drug-likeness (QED) is 0.729. The fourth-order valence-corrected chi connectivity index (χ4v) is 1.78. The van der Waals surface area contributed by atoms with Crippen LogP contribution in [0.2, 0.25) is 0 Å². The predicted octanol–water partition coefficient (Wildman–Crippen LogP) is 2.34. The van der Waals surface area contributed by atoms with E-state index in [1.54, 1.807) is 0 Å². The number of para-hydroxylation sites is 1. The molecule has 0 bridgehead atoms. The Hall–Kier alpha value is -1.06. The van der Waals surface area contributed by atoms with Crippen LogP contribution in [0, 0.1) is 0 Å². The van der Waals surface area contributed by atoms with Gasteiger partial charge in [-0.1, -0.05) is 32.0 Å². The summed E-state index contributed by atoms with van der Waals surface area (Å²) in [6.45, 7) is 5.59. The maximum atomic E-state index is 8.77. The van der Waals surface area contributed by atoms with Gasteiger partial charge in [0.1, 0.15) is 12.4 Å². The van der Waals surface area contributed by atoms with Gasteiger partial charge in [0.05, 0.1) is 6.61 Å². The molecule has 1 rings (SSSR count). The number of ether oxygens (including phenoxy) is 1. The fraction of sp³-hybridized carbons (Fsp3) is 0.571. The lowest BCUT2D eigenvalue weighted by Gasteiger charge is -2.16. The molecule has 0 aliphatic heterocycles. The molecule has 1 aromatic rings. The van der Waals surface area contributed by atoms with Gasteiger partial charge in [0, 0.05) is 18.2 Å². The standard InChI is InChI=1S/C14H23NO2/c1-3-13(4-2)15-11-12-7-5-6-8-14(12)17-10-9-16/h5-8,13,15-16H,3-4,9-11H2,1-2H3. The highest BCUT2D eigenvalue weighted by molar-refractivity contribution is 5.33. The lowest BCUT2D eigenvalue weighted by molar-refractivity contribution is 0.200. The van der Waals surface area contributed by atoms with Crippen molar-refractivity contribution in [3.05, 3.63) is 29.8 Å². The van der Waals surface area contributed by atoms with Gasteiger partial charge in [0.25, 0.3) is 0 Å². The molecule has 2 N–H and O–H groups in total. The van der Waals surface area contributed by atoms with Crippen LogP contribution in [0.1, 0.15) is 32.3 Å². The van der Waals surface area contributed by atoms with Crippen LogP contribution in [0.3, 0.4) is 0 Å². The molecule has 0 fully saturated rings. The summed E-state index contributed by atoms with van der Waals surface area (Å²) in [6, 6.07) is 8.52. The minimum atomic E-state index is 0.0499. The molecule has 0 aliphatic carbocycles. The van der Waals surface area contributed by atoms with Crippen LogP contribution in [0.15, 0.2) is 24.3 Å². The number of rotatable bonds is 8. The van der Waals surface area contributed by atoms with Crippen molar-refractivity contribution in [2.45, 2.75) is 39.3 Å². The van der Waals surface area contributed by atoms with Gasteiger partial charge in [0.15, 0.2) is 0 Å². The van der Waals surface area contributed by atoms with Crippen molar-refractivity contribution >= 4 is 0 Å². The van der Waals surface area contributed by atoms with Crippen LogP contribution in [0.5, 0.6) is 5.75 Å². The van der Waals surface area contributed by atoms with E-state index in [-0.39, 0.29) is 6.61 Å². The van der Waals surface area contributed by atoms with E-state index in [2.05, 4.69) is 25.2 Å². The maximum Gasteiger partial charge on any atom is 0.123 e. The second-order valence-corrected chi connectivity index (χ2v) is 4.07. The van der Waals surface area contributed by atoms with E-state index in [0.29, 0.717) is 12.6 Å². The Balaban J connectivity index is 2.56. The third kappa shape index (κ3) is 4.75. The molecule has 0 aromatic heterocycles. The van der Waals surface area contributed by atoms with Crippen LogP contribution in [-0.2, 0) is 6.54 Å². The summed E-state index contributed by atoms with van der Waals surface area (Å²) in [7, 11) is 0. The van der Waals surface area contributed by atoms with Crippen LogP contribution in [-0.4, -0.2) is 24.4 Å². The Morgan fingerprint density at radius 2 is 1.94 bits per heavy atom. The zero-order valence-electron chi connectivity index (χ0n) is 10.8. The third-order valence-corrected chi connectivity index (χ3v) is 2.89. The van der Waals surface area contributed by atoms with Gasteiger partial charge in [0.2, 0.25) is 0 Å². The maximum absolute atomic E-state index is 8.77. The highest BCUT2D eigenvalue weighted by atomic mass is 16.5. The Bertz CT molecular complexity index is 311. The minimum absolute atomic E-state index is 0.0499. The first-order chi connectivity index (χ1) is 8.31. The highest BCUT2D eigenvalue weighted by Crippen LogP contribution is 2.18. The van der Waals surface area contributed by atoms with Gasteiger partial charge < -0.3 is 15.2 Å². The van der Waals surface area contributed by atoms with Gasteiger partial charge in [-0.05, 0) is 18.9 Å². The van der Waals surface area contributed by atoms with Crippen molar-refractivity contribution in [2.24, 2.45) is 0 Å². The van der Waals surface area contributed by atoms with E-state index in [1.807, 2.05) is 18.2 Å². The van der Waals surface area contributed by atoms with Crippen molar-refractivity contribution in [1.29, 1.82) is 0 Å². The normalized spacial score (nSPS) is 10.8. The van der Waals surface area contributed by atoms with Gasteiger partial charge in [-0.15, -0.1) is 0 Å². The second-order valence-electron chi connectivity index (χ2n) is 4.07. The Kier molecular flexibility index (Phi) is 6.67. The molecular formula is C14H23NO2. The third-order valence-electron chi connectivity index (χ3n) is 2.89. The van der Waals surface area contributed by atoms with Gasteiger partial charge >= 0.3 is 0 Å². The van der Waals surface area contributed by atoms with Crippen molar-refractivity contribution in [3.63, 3.8) is 0 Å². The van der Waals surface area contributed by atoms with E-state index in [4.69, 9.17) is 9.84 Å². The molecule has 0 aliphatic rings. The first-order valence-electron chi connectivity index (χ1n) is 6.36. The number of hydrogen-bond donors (Lipinski definition) is 2.